The molecule has 0 spiro atoms. The van der Waals surface area contributed by atoms with Crippen molar-refractivity contribution in [2.75, 3.05) is 5.73 Å². The van der Waals surface area contributed by atoms with Crippen LogP contribution >= 0.6 is 0 Å². The first-order valence-electron chi connectivity index (χ1n) is 4.08. The zero-order valence-electron chi connectivity index (χ0n) is 6.83. The molecule has 12 heavy (non-hydrogen) atoms. The van der Waals surface area contributed by atoms with Gasteiger partial charge >= 0.3 is 0 Å². The van der Waals surface area contributed by atoms with E-state index in [0.29, 0.717) is 0 Å². The fourth-order valence-corrected chi connectivity index (χ4v) is 1.44. The lowest BCUT2D eigenvalue weighted by molar-refractivity contribution is 1.27. The van der Waals surface area contributed by atoms with Crippen LogP contribution in [-0.2, 0) is 6.42 Å². The smallest absolute Gasteiger partial charge is 0.0390 e. The Kier molecular flexibility index (Phi) is 1.71. The van der Waals surface area contributed by atoms with E-state index in [1.807, 2.05) is 18.2 Å². The van der Waals surface area contributed by atoms with Gasteiger partial charge in [0.2, 0.25) is 0 Å². The molecule has 1 aliphatic rings. The number of nitrogens with two attached hydrogens (primary N) is 1. The normalized spacial score (nSPS) is 14.0. The minimum Gasteiger partial charge on any atom is -0.398 e. The van der Waals surface area contributed by atoms with Crippen LogP contribution in [0.5, 0.6) is 0 Å². The van der Waals surface area contributed by atoms with Gasteiger partial charge < -0.3 is 5.73 Å². The first kappa shape index (κ1) is 7.17. The van der Waals surface area contributed by atoms with Crippen molar-refractivity contribution in [3.63, 3.8) is 0 Å². The van der Waals surface area contributed by atoms with E-state index in [-0.39, 0.29) is 0 Å². The van der Waals surface area contributed by atoms with Crippen molar-refractivity contribution in [3.05, 3.63) is 47.6 Å². The van der Waals surface area contributed by atoms with E-state index in [4.69, 9.17) is 5.73 Å². The second-order valence-electron chi connectivity index (χ2n) is 2.91. The summed E-state index contributed by atoms with van der Waals surface area (Å²) in [6, 6.07) is 6.06. The van der Waals surface area contributed by atoms with Crippen LogP contribution in [0.15, 0.2) is 36.4 Å². The molecule has 0 aromatic heterocycles. The summed E-state index contributed by atoms with van der Waals surface area (Å²) in [5, 5.41) is 0. The van der Waals surface area contributed by atoms with Crippen LogP contribution in [0.2, 0.25) is 0 Å². The van der Waals surface area contributed by atoms with E-state index in [1.165, 1.54) is 11.1 Å². The number of benzene rings is 1. The zero-order valence-corrected chi connectivity index (χ0v) is 6.83. The first-order chi connectivity index (χ1) is 5.88. The Morgan fingerprint density at radius 1 is 1.17 bits per heavy atom. The lowest BCUT2D eigenvalue weighted by Gasteiger charge is -2.04. The minimum absolute atomic E-state index is 0.868. The van der Waals surface area contributed by atoms with Crippen LogP contribution in [0.25, 0.3) is 6.08 Å². The van der Waals surface area contributed by atoms with Crippen molar-refractivity contribution in [3.8, 4) is 0 Å². The molecule has 0 heterocycles. The summed E-state index contributed by atoms with van der Waals surface area (Å²) in [5.74, 6) is 0. The molecule has 0 radical (unpaired) electrons. The van der Waals surface area contributed by atoms with Gasteiger partial charge in [0, 0.05) is 11.3 Å². The molecule has 0 bridgehead atoms. The summed E-state index contributed by atoms with van der Waals surface area (Å²) in [4.78, 5) is 0. The fourth-order valence-electron chi connectivity index (χ4n) is 1.44. The molecule has 1 aromatic carbocycles. The largest absolute Gasteiger partial charge is 0.398 e. The summed E-state index contributed by atoms with van der Waals surface area (Å²) in [5.41, 5.74) is 9.17. The lowest BCUT2D eigenvalue weighted by Crippen LogP contribution is -1.93. The van der Waals surface area contributed by atoms with Crippen molar-refractivity contribution in [2.24, 2.45) is 0 Å². The van der Waals surface area contributed by atoms with Gasteiger partial charge in [0.25, 0.3) is 0 Å². The SMILES string of the molecule is Nc1cccc2c1C=CC=CC2. The van der Waals surface area contributed by atoms with Crippen LogP contribution in [-0.4, -0.2) is 0 Å². The van der Waals surface area contributed by atoms with Gasteiger partial charge in [-0.3, -0.25) is 0 Å². The third-order valence-electron chi connectivity index (χ3n) is 2.08. The summed E-state index contributed by atoms with van der Waals surface area (Å²) < 4.78 is 0. The maximum absolute atomic E-state index is 5.83. The highest BCUT2D eigenvalue weighted by Crippen LogP contribution is 2.21. The van der Waals surface area contributed by atoms with Crippen LogP contribution in [0.3, 0.4) is 0 Å². The Balaban J connectivity index is 2.59. The summed E-state index contributed by atoms with van der Waals surface area (Å²) in [6.07, 6.45) is 9.27. The molecule has 2 N–H and O–H groups in total. The quantitative estimate of drug-likeness (QED) is 0.575. The molecule has 0 saturated carbocycles. The minimum atomic E-state index is 0.868. The highest BCUT2D eigenvalue weighted by molar-refractivity contribution is 5.69. The second kappa shape index (κ2) is 2.86. The lowest BCUT2D eigenvalue weighted by atomic mass is 10.0. The van der Waals surface area contributed by atoms with Gasteiger partial charge in [-0.25, -0.2) is 0 Å². The second-order valence-corrected chi connectivity index (χ2v) is 2.91. The molecule has 0 aliphatic heterocycles. The van der Waals surface area contributed by atoms with Crippen LogP contribution < -0.4 is 5.73 Å². The number of anilines is 1. The van der Waals surface area contributed by atoms with Crippen molar-refractivity contribution in [1.29, 1.82) is 0 Å². The molecule has 60 valence electrons. The third kappa shape index (κ3) is 1.14. The van der Waals surface area contributed by atoms with E-state index in [9.17, 15) is 0 Å². The Morgan fingerprint density at radius 2 is 2.08 bits per heavy atom. The topological polar surface area (TPSA) is 26.0 Å². The standard InChI is InChI=1S/C11H11N/c12-11-8-4-6-9-5-2-1-3-7-10(9)11/h1-4,6-8H,5,12H2. The molecule has 0 fully saturated rings. The maximum atomic E-state index is 5.83. The molecule has 1 aliphatic carbocycles. The van der Waals surface area contributed by atoms with Gasteiger partial charge in [-0.2, -0.15) is 0 Å². The Hall–Kier alpha value is -1.50. The highest BCUT2D eigenvalue weighted by atomic mass is 14.6. The van der Waals surface area contributed by atoms with Crippen molar-refractivity contribution in [2.45, 2.75) is 6.42 Å². The van der Waals surface area contributed by atoms with Crippen LogP contribution in [0.4, 0.5) is 5.69 Å². The number of hydrogen-bond acceptors (Lipinski definition) is 1. The molecule has 1 aromatic rings. The average Bonchev–Trinajstić information content (AvgIpc) is 2.30. The fraction of sp³-hybridized carbons (Fsp3) is 0.0909. The van der Waals surface area contributed by atoms with Gasteiger partial charge in [0.05, 0.1) is 0 Å². The molecule has 1 heteroatoms. The van der Waals surface area contributed by atoms with E-state index >= 15 is 0 Å². The predicted octanol–water partition coefficient (Wildman–Crippen LogP) is 2.39. The number of rotatable bonds is 0. The maximum Gasteiger partial charge on any atom is 0.0390 e. The van der Waals surface area contributed by atoms with Gasteiger partial charge in [-0.15, -0.1) is 0 Å². The van der Waals surface area contributed by atoms with E-state index in [2.05, 4.69) is 24.3 Å². The predicted molar refractivity (Wildman–Crippen MR) is 52.7 cm³/mol. The molecular weight excluding hydrogens is 146 g/mol. The van der Waals surface area contributed by atoms with Gasteiger partial charge in [-0.1, -0.05) is 36.4 Å². The molecule has 0 unspecified atom stereocenters. The number of hydrogen-bond donors (Lipinski definition) is 1. The van der Waals surface area contributed by atoms with Crippen molar-refractivity contribution >= 4 is 11.8 Å². The van der Waals surface area contributed by atoms with Gasteiger partial charge in [0.15, 0.2) is 0 Å². The van der Waals surface area contributed by atoms with Crippen LogP contribution in [0, 0.1) is 0 Å². The Bertz CT molecular complexity index is 348. The first-order valence-corrected chi connectivity index (χ1v) is 4.08. The van der Waals surface area contributed by atoms with Gasteiger partial charge in [0.1, 0.15) is 0 Å². The molecule has 1 nitrogen and oxygen atoms in total. The molecule has 0 atom stereocenters. The monoisotopic (exact) mass is 157 g/mol. The van der Waals surface area contributed by atoms with Crippen molar-refractivity contribution < 1.29 is 0 Å². The van der Waals surface area contributed by atoms with E-state index < -0.39 is 0 Å². The molecule has 2 rings (SSSR count). The van der Waals surface area contributed by atoms with E-state index in [1.54, 1.807) is 0 Å². The molecule has 0 saturated heterocycles. The van der Waals surface area contributed by atoms with E-state index in [0.717, 1.165) is 12.1 Å². The Morgan fingerprint density at radius 3 is 3.00 bits per heavy atom. The third-order valence-corrected chi connectivity index (χ3v) is 2.08. The number of nitrogen functional groups attached to an aromatic ring is 1. The highest BCUT2D eigenvalue weighted by Gasteiger charge is 2.02. The van der Waals surface area contributed by atoms with Crippen LogP contribution in [0.1, 0.15) is 11.1 Å². The summed E-state index contributed by atoms with van der Waals surface area (Å²) >= 11 is 0. The Labute approximate surface area is 72.2 Å². The zero-order chi connectivity index (χ0) is 8.39. The average molecular weight is 157 g/mol. The van der Waals surface area contributed by atoms with Gasteiger partial charge in [-0.05, 0) is 18.1 Å². The summed E-state index contributed by atoms with van der Waals surface area (Å²) in [7, 11) is 0. The number of allylic oxidation sites excluding steroid dienone is 3. The van der Waals surface area contributed by atoms with Crippen molar-refractivity contribution in [1.82, 2.24) is 0 Å². The molecular formula is C11H11N. The molecule has 0 amide bonds. The number of fused-ring (bicyclic) bond motifs is 1. The summed E-state index contributed by atoms with van der Waals surface area (Å²) in [6.45, 7) is 0.